The predicted octanol–water partition coefficient (Wildman–Crippen LogP) is 1.65. The highest BCUT2D eigenvalue weighted by atomic mass is 32.2. The molecule has 1 fully saturated rings. The molecule has 5 heteroatoms. The van der Waals surface area contributed by atoms with E-state index >= 15 is 0 Å². The fourth-order valence-corrected chi connectivity index (χ4v) is 3.54. The van der Waals surface area contributed by atoms with Gasteiger partial charge in [0.1, 0.15) is 10.7 Å². The Kier molecular flexibility index (Phi) is 4.36. The Balaban J connectivity index is 2.09. The third-order valence-electron chi connectivity index (χ3n) is 3.07. The molecule has 0 bridgehead atoms. The van der Waals surface area contributed by atoms with Gasteiger partial charge in [0.2, 0.25) is 0 Å². The SMILES string of the molecule is CN(Cc1cccnc1C(N)=S)C1CCSC1. The summed E-state index contributed by atoms with van der Waals surface area (Å²) in [6.45, 7) is 0.867. The van der Waals surface area contributed by atoms with Gasteiger partial charge >= 0.3 is 0 Å². The van der Waals surface area contributed by atoms with Crippen molar-refractivity contribution in [3.63, 3.8) is 0 Å². The standard InChI is InChI=1S/C12H17N3S2/c1-15(10-4-6-17-8-10)7-9-3-2-5-14-11(9)12(13)16/h2-3,5,10H,4,6-8H2,1H3,(H2,13,16). The van der Waals surface area contributed by atoms with Crippen molar-refractivity contribution in [2.75, 3.05) is 18.6 Å². The van der Waals surface area contributed by atoms with Gasteiger partial charge in [-0.2, -0.15) is 11.8 Å². The zero-order valence-corrected chi connectivity index (χ0v) is 11.6. The first-order chi connectivity index (χ1) is 8.18. The number of aromatic nitrogens is 1. The van der Waals surface area contributed by atoms with Crippen molar-refractivity contribution in [2.45, 2.75) is 19.0 Å². The summed E-state index contributed by atoms with van der Waals surface area (Å²) < 4.78 is 0. The Morgan fingerprint density at radius 1 is 1.71 bits per heavy atom. The van der Waals surface area contributed by atoms with Crippen LogP contribution in [0.5, 0.6) is 0 Å². The van der Waals surface area contributed by atoms with Crippen LogP contribution < -0.4 is 5.73 Å². The van der Waals surface area contributed by atoms with Crippen LogP contribution >= 0.6 is 24.0 Å². The number of nitrogens with zero attached hydrogens (tertiary/aromatic N) is 2. The topological polar surface area (TPSA) is 42.2 Å². The zero-order valence-electron chi connectivity index (χ0n) is 9.93. The van der Waals surface area contributed by atoms with Crippen molar-refractivity contribution in [2.24, 2.45) is 5.73 Å². The summed E-state index contributed by atoms with van der Waals surface area (Å²) in [5.41, 5.74) is 7.58. The van der Waals surface area contributed by atoms with Crippen molar-refractivity contribution >= 4 is 29.0 Å². The molecule has 1 saturated heterocycles. The highest BCUT2D eigenvalue weighted by molar-refractivity contribution is 7.99. The largest absolute Gasteiger partial charge is 0.388 e. The van der Waals surface area contributed by atoms with Gasteiger partial charge in [0.05, 0.1) is 0 Å². The molecule has 2 rings (SSSR count). The Bertz CT molecular complexity index is 402. The van der Waals surface area contributed by atoms with E-state index in [1.165, 1.54) is 17.9 Å². The molecule has 1 aliphatic rings. The summed E-state index contributed by atoms with van der Waals surface area (Å²) in [5.74, 6) is 2.49. The van der Waals surface area contributed by atoms with E-state index in [0.717, 1.165) is 17.8 Å². The molecule has 1 aromatic heterocycles. The van der Waals surface area contributed by atoms with Gasteiger partial charge in [-0.1, -0.05) is 18.3 Å². The molecule has 0 aliphatic carbocycles. The lowest BCUT2D eigenvalue weighted by molar-refractivity contribution is 0.254. The van der Waals surface area contributed by atoms with Crippen molar-refractivity contribution < 1.29 is 0 Å². The van der Waals surface area contributed by atoms with Gasteiger partial charge in [-0.3, -0.25) is 9.88 Å². The Morgan fingerprint density at radius 2 is 2.53 bits per heavy atom. The zero-order chi connectivity index (χ0) is 12.3. The third kappa shape index (κ3) is 3.18. The maximum atomic E-state index is 5.69. The van der Waals surface area contributed by atoms with Crippen LogP contribution in [0.2, 0.25) is 0 Å². The van der Waals surface area contributed by atoms with Crippen LogP contribution in [0.25, 0.3) is 0 Å². The van der Waals surface area contributed by atoms with Crippen LogP contribution in [0.4, 0.5) is 0 Å². The number of hydrogen-bond acceptors (Lipinski definition) is 4. The molecule has 0 saturated carbocycles. The van der Waals surface area contributed by atoms with E-state index in [1.54, 1.807) is 6.20 Å². The van der Waals surface area contributed by atoms with Crippen LogP contribution in [-0.4, -0.2) is 39.5 Å². The second kappa shape index (κ2) is 5.80. The molecule has 0 spiro atoms. The summed E-state index contributed by atoms with van der Waals surface area (Å²) in [6.07, 6.45) is 3.01. The van der Waals surface area contributed by atoms with Crippen LogP contribution in [0, 0.1) is 0 Å². The molecule has 1 aromatic rings. The van der Waals surface area contributed by atoms with Gasteiger partial charge in [0.25, 0.3) is 0 Å². The molecule has 17 heavy (non-hydrogen) atoms. The lowest BCUT2D eigenvalue weighted by Gasteiger charge is -2.24. The number of pyridine rings is 1. The summed E-state index contributed by atoms with van der Waals surface area (Å²) in [4.78, 5) is 7.02. The fourth-order valence-electron chi connectivity index (χ4n) is 2.06. The molecule has 1 unspecified atom stereocenters. The normalized spacial score (nSPS) is 19.8. The van der Waals surface area contributed by atoms with Crippen LogP contribution in [0.1, 0.15) is 17.7 Å². The molecule has 2 N–H and O–H groups in total. The van der Waals surface area contributed by atoms with E-state index in [1.807, 2.05) is 17.8 Å². The van der Waals surface area contributed by atoms with Crippen molar-refractivity contribution in [3.05, 3.63) is 29.6 Å². The van der Waals surface area contributed by atoms with E-state index in [9.17, 15) is 0 Å². The maximum Gasteiger partial charge on any atom is 0.123 e. The molecule has 0 amide bonds. The second-order valence-electron chi connectivity index (χ2n) is 4.31. The van der Waals surface area contributed by atoms with E-state index in [0.29, 0.717) is 11.0 Å². The van der Waals surface area contributed by atoms with Gasteiger partial charge in [-0.05, 0) is 30.9 Å². The lowest BCUT2D eigenvalue weighted by atomic mass is 10.1. The number of rotatable bonds is 4. The molecule has 1 aliphatic heterocycles. The number of hydrogen-bond donors (Lipinski definition) is 1. The minimum Gasteiger partial charge on any atom is -0.388 e. The Hall–Kier alpha value is -0.650. The van der Waals surface area contributed by atoms with Gasteiger partial charge in [0.15, 0.2) is 0 Å². The van der Waals surface area contributed by atoms with E-state index < -0.39 is 0 Å². The molecule has 1 atom stereocenters. The second-order valence-corrected chi connectivity index (χ2v) is 5.90. The summed E-state index contributed by atoms with van der Waals surface area (Å²) >= 11 is 7.05. The van der Waals surface area contributed by atoms with E-state index in [-0.39, 0.29) is 0 Å². The quantitative estimate of drug-likeness (QED) is 0.840. The smallest absolute Gasteiger partial charge is 0.123 e. The molecule has 2 heterocycles. The first-order valence-corrected chi connectivity index (χ1v) is 7.26. The molecule has 92 valence electrons. The Labute approximate surface area is 112 Å². The predicted molar refractivity (Wildman–Crippen MR) is 77.3 cm³/mol. The first kappa shape index (κ1) is 12.8. The van der Waals surface area contributed by atoms with Crippen LogP contribution in [0.3, 0.4) is 0 Å². The highest BCUT2D eigenvalue weighted by Gasteiger charge is 2.21. The molecule has 3 nitrogen and oxygen atoms in total. The van der Waals surface area contributed by atoms with Gasteiger partial charge in [0, 0.05) is 24.5 Å². The molecule has 0 radical (unpaired) electrons. The average Bonchev–Trinajstić information content (AvgIpc) is 2.83. The van der Waals surface area contributed by atoms with Crippen LogP contribution in [0.15, 0.2) is 18.3 Å². The van der Waals surface area contributed by atoms with Gasteiger partial charge in [-0.15, -0.1) is 0 Å². The summed E-state index contributed by atoms with van der Waals surface area (Å²) in [6, 6.07) is 4.66. The minimum atomic E-state index is 0.384. The number of nitrogens with two attached hydrogens (primary N) is 1. The van der Waals surface area contributed by atoms with E-state index in [4.69, 9.17) is 18.0 Å². The van der Waals surface area contributed by atoms with Crippen LogP contribution in [-0.2, 0) is 6.54 Å². The third-order valence-corrected chi connectivity index (χ3v) is 4.41. The van der Waals surface area contributed by atoms with Gasteiger partial charge in [-0.25, -0.2) is 0 Å². The monoisotopic (exact) mass is 267 g/mol. The van der Waals surface area contributed by atoms with Crippen molar-refractivity contribution in [1.82, 2.24) is 9.88 Å². The lowest BCUT2D eigenvalue weighted by Crippen LogP contribution is -2.32. The molecular weight excluding hydrogens is 250 g/mol. The summed E-state index contributed by atoms with van der Waals surface area (Å²) in [5, 5.41) is 0. The Morgan fingerprint density at radius 3 is 3.18 bits per heavy atom. The summed E-state index contributed by atoms with van der Waals surface area (Å²) in [7, 11) is 2.16. The fraction of sp³-hybridized carbons (Fsp3) is 0.500. The van der Waals surface area contributed by atoms with Gasteiger partial charge < -0.3 is 5.73 Å². The minimum absolute atomic E-state index is 0.384. The molecular formula is C12H17N3S2. The maximum absolute atomic E-state index is 5.69. The van der Waals surface area contributed by atoms with E-state index in [2.05, 4.69) is 23.0 Å². The van der Waals surface area contributed by atoms with Crippen molar-refractivity contribution in [3.8, 4) is 0 Å². The highest BCUT2D eigenvalue weighted by Crippen LogP contribution is 2.22. The number of thiocarbonyl (C=S) groups is 1. The molecule has 0 aromatic carbocycles. The average molecular weight is 267 g/mol. The van der Waals surface area contributed by atoms with Crippen molar-refractivity contribution in [1.29, 1.82) is 0 Å². The number of thioether (sulfide) groups is 1. The first-order valence-electron chi connectivity index (χ1n) is 5.70.